The molecule has 1 aliphatic carbocycles. The molecule has 1 saturated carbocycles. The summed E-state index contributed by atoms with van der Waals surface area (Å²) in [6, 6.07) is 0. The molecule has 0 aliphatic heterocycles. The Balaban J connectivity index is 2.91. The fraction of sp³-hybridized carbons (Fsp3) is 0.920. The number of ketones is 1. The van der Waals surface area contributed by atoms with Gasteiger partial charge in [-0.3, -0.25) is 9.59 Å². The highest BCUT2D eigenvalue weighted by Gasteiger charge is 2.46. The third-order valence-electron chi connectivity index (χ3n) is 6.19. The third-order valence-corrected chi connectivity index (χ3v) is 8.21. The first-order valence-electron chi connectivity index (χ1n) is 12.8. The van der Waals surface area contributed by atoms with Crippen molar-refractivity contribution in [1.29, 1.82) is 0 Å². The second kappa shape index (κ2) is 14.0. The van der Waals surface area contributed by atoms with Crippen LogP contribution in [0.25, 0.3) is 0 Å². The van der Waals surface area contributed by atoms with Crippen LogP contribution in [0.1, 0.15) is 77.6 Å². The highest BCUT2D eigenvalue weighted by molar-refractivity contribution is 6.70. The molecule has 4 atom stereocenters. The lowest BCUT2D eigenvalue weighted by molar-refractivity contribution is -0.140. The topological polar surface area (TPSA) is 61.8 Å². The molecule has 4 unspecified atom stereocenters. The lowest BCUT2D eigenvalue weighted by Crippen LogP contribution is -2.35. The molecule has 0 aromatic rings. The molecule has 7 heteroatoms. The highest BCUT2D eigenvalue weighted by Crippen LogP contribution is 2.44. The van der Waals surface area contributed by atoms with Crippen molar-refractivity contribution in [3.63, 3.8) is 0 Å². The molecule has 0 heterocycles. The van der Waals surface area contributed by atoms with Gasteiger partial charge in [-0.05, 0) is 83.2 Å². The lowest BCUT2D eigenvalue weighted by Gasteiger charge is -2.31. The average Bonchev–Trinajstić information content (AvgIpc) is 2.95. The van der Waals surface area contributed by atoms with Crippen LogP contribution in [0.3, 0.4) is 0 Å². The van der Waals surface area contributed by atoms with E-state index in [0.717, 1.165) is 51.4 Å². The first-order valence-corrected chi connectivity index (χ1v) is 19.6. The largest absolute Gasteiger partial charge is 0.469 e. The highest BCUT2D eigenvalue weighted by atomic mass is 28.4. The standard InChI is InChI=1S/C25H50O5Si2/c1-9-10-11-14-20(26)17-18-22-21(15-12-13-16-25(27)28-2)23(29-31(3,4)5)19-24(22)30-32(6,7)8/h21-24H,9-19H2,1-8H3. The smallest absolute Gasteiger partial charge is 0.305 e. The molecule has 0 amide bonds. The van der Waals surface area contributed by atoms with Crippen molar-refractivity contribution in [3.05, 3.63) is 0 Å². The molecule has 5 nitrogen and oxygen atoms in total. The van der Waals surface area contributed by atoms with Gasteiger partial charge in [0.05, 0.1) is 19.3 Å². The van der Waals surface area contributed by atoms with Gasteiger partial charge in [-0.1, -0.05) is 26.2 Å². The Hall–Kier alpha value is -0.506. The summed E-state index contributed by atoms with van der Waals surface area (Å²) < 4.78 is 18.1. The van der Waals surface area contributed by atoms with E-state index in [2.05, 4.69) is 46.2 Å². The van der Waals surface area contributed by atoms with E-state index >= 15 is 0 Å². The van der Waals surface area contributed by atoms with Crippen LogP contribution in [0.2, 0.25) is 39.3 Å². The van der Waals surface area contributed by atoms with E-state index in [9.17, 15) is 9.59 Å². The number of carbonyl (C=O) groups excluding carboxylic acids is 2. The van der Waals surface area contributed by atoms with E-state index in [4.69, 9.17) is 13.6 Å². The summed E-state index contributed by atoms with van der Waals surface area (Å²) in [4.78, 5) is 24.1. The number of hydrogen-bond donors (Lipinski definition) is 0. The summed E-state index contributed by atoms with van der Waals surface area (Å²) in [5, 5.41) is 0. The van der Waals surface area contributed by atoms with Crippen LogP contribution in [0.4, 0.5) is 0 Å². The Labute approximate surface area is 199 Å². The lowest BCUT2D eigenvalue weighted by atomic mass is 9.85. The average molecular weight is 487 g/mol. The summed E-state index contributed by atoms with van der Waals surface area (Å²) in [7, 11) is -1.97. The van der Waals surface area contributed by atoms with Crippen LogP contribution >= 0.6 is 0 Å². The molecule has 0 bridgehead atoms. The molecule has 32 heavy (non-hydrogen) atoms. The van der Waals surface area contributed by atoms with Crippen molar-refractivity contribution in [2.75, 3.05) is 7.11 Å². The summed E-state index contributed by atoms with van der Waals surface area (Å²) in [6.45, 7) is 15.7. The number of hydrogen-bond acceptors (Lipinski definition) is 5. The van der Waals surface area contributed by atoms with Gasteiger partial charge in [0.2, 0.25) is 0 Å². The van der Waals surface area contributed by atoms with Crippen LogP contribution < -0.4 is 0 Å². The van der Waals surface area contributed by atoms with Gasteiger partial charge in [0.15, 0.2) is 16.6 Å². The molecule has 0 spiro atoms. The van der Waals surface area contributed by atoms with E-state index in [1.165, 1.54) is 7.11 Å². The number of carbonyl (C=O) groups is 2. The van der Waals surface area contributed by atoms with Crippen molar-refractivity contribution in [2.24, 2.45) is 11.8 Å². The predicted molar refractivity (Wildman–Crippen MR) is 137 cm³/mol. The van der Waals surface area contributed by atoms with Gasteiger partial charge in [-0.15, -0.1) is 0 Å². The molecule has 1 fully saturated rings. The van der Waals surface area contributed by atoms with Crippen LogP contribution in [0.5, 0.6) is 0 Å². The molecule has 188 valence electrons. The van der Waals surface area contributed by atoms with E-state index < -0.39 is 16.6 Å². The Kier molecular flexibility index (Phi) is 12.9. The van der Waals surface area contributed by atoms with E-state index in [-0.39, 0.29) is 18.2 Å². The van der Waals surface area contributed by atoms with Gasteiger partial charge in [0.25, 0.3) is 0 Å². The number of unbranched alkanes of at least 4 members (excludes halogenated alkanes) is 3. The minimum Gasteiger partial charge on any atom is -0.469 e. The summed E-state index contributed by atoms with van der Waals surface area (Å²) in [6.07, 6.45) is 10.2. The first-order chi connectivity index (χ1) is 14.9. The maximum absolute atomic E-state index is 12.5. The number of Topliss-reactive ketones (excluding diaryl/α,β-unsaturated/α-hetero) is 1. The summed E-state index contributed by atoms with van der Waals surface area (Å²) >= 11 is 0. The van der Waals surface area contributed by atoms with Gasteiger partial charge < -0.3 is 13.6 Å². The summed E-state index contributed by atoms with van der Waals surface area (Å²) in [5.41, 5.74) is 0. The molecular weight excluding hydrogens is 436 g/mol. The number of ether oxygens (including phenoxy) is 1. The number of esters is 1. The fourth-order valence-electron chi connectivity index (χ4n) is 4.89. The van der Waals surface area contributed by atoms with E-state index in [1.807, 2.05) is 0 Å². The molecule has 0 aromatic carbocycles. The zero-order chi connectivity index (χ0) is 24.4. The van der Waals surface area contributed by atoms with Gasteiger partial charge in [0, 0.05) is 19.3 Å². The van der Waals surface area contributed by atoms with Crippen LogP contribution in [-0.4, -0.2) is 47.7 Å². The Morgan fingerprint density at radius 1 is 0.750 bits per heavy atom. The van der Waals surface area contributed by atoms with Crippen LogP contribution in [0, 0.1) is 11.8 Å². The van der Waals surface area contributed by atoms with Crippen LogP contribution in [0.15, 0.2) is 0 Å². The maximum Gasteiger partial charge on any atom is 0.305 e. The van der Waals surface area contributed by atoms with Crippen LogP contribution in [-0.2, 0) is 23.2 Å². The maximum atomic E-state index is 12.5. The molecule has 0 saturated heterocycles. The molecule has 0 aromatic heterocycles. The SMILES string of the molecule is CCCCCC(=O)CCC1C(O[Si](C)(C)C)CC(O[Si](C)(C)C)C1CCCCC(=O)OC. The quantitative estimate of drug-likeness (QED) is 0.138. The van der Waals surface area contributed by atoms with E-state index in [1.54, 1.807) is 0 Å². The molecule has 1 rings (SSSR count). The van der Waals surface area contributed by atoms with Crippen molar-refractivity contribution in [1.82, 2.24) is 0 Å². The normalized spacial score (nSPS) is 24.0. The Bertz CT molecular complexity index is 568. The van der Waals surface area contributed by atoms with Crippen molar-refractivity contribution in [3.8, 4) is 0 Å². The molecule has 0 radical (unpaired) electrons. The Morgan fingerprint density at radius 3 is 1.78 bits per heavy atom. The van der Waals surface area contributed by atoms with Crippen molar-refractivity contribution >= 4 is 28.4 Å². The van der Waals surface area contributed by atoms with Crippen molar-refractivity contribution < 1.29 is 23.2 Å². The zero-order valence-corrected chi connectivity index (χ0v) is 24.1. The number of methoxy groups -OCH3 is 1. The summed E-state index contributed by atoms with van der Waals surface area (Å²) in [5.74, 6) is 1.00. The van der Waals surface area contributed by atoms with Gasteiger partial charge in [-0.25, -0.2) is 0 Å². The zero-order valence-electron chi connectivity index (χ0n) is 22.1. The molecule has 0 N–H and O–H groups in total. The first kappa shape index (κ1) is 29.5. The minimum absolute atomic E-state index is 0.138. The van der Waals surface area contributed by atoms with Crippen molar-refractivity contribution in [2.45, 2.75) is 129 Å². The molecular formula is C25H50O5Si2. The minimum atomic E-state index is -1.71. The fourth-order valence-corrected chi connectivity index (χ4v) is 7.24. The van der Waals surface area contributed by atoms with Gasteiger partial charge in [0.1, 0.15) is 5.78 Å². The molecule has 1 aliphatic rings. The second-order valence-corrected chi connectivity index (χ2v) is 20.4. The number of rotatable bonds is 16. The van der Waals surface area contributed by atoms with Gasteiger partial charge >= 0.3 is 5.97 Å². The third kappa shape index (κ3) is 12.1. The van der Waals surface area contributed by atoms with Gasteiger partial charge in [-0.2, -0.15) is 0 Å². The Morgan fingerprint density at radius 2 is 1.28 bits per heavy atom. The van der Waals surface area contributed by atoms with E-state index in [0.29, 0.717) is 36.9 Å². The second-order valence-electron chi connectivity index (χ2n) is 11.5. The predicted octanol–water partition coefficient (Wildman–Crippen LogP) is 6.73. The monoisotopic (exact) mass is 486 g/mol.